The molecule has 76 valence electrons. The lowest BCUT2D eigenvalue weighted by Gasteiger charge is -2.37. The summed E-state index contributed by atoms with van der Waals surface area (Å²) >= 11 is 0. The van der Waals surface area contributed by atoms with Crippen molar-refractivity contribution in [3.63, 3.8) is 0 Å². The molecular formula is C10H17F2N. The van der Waals surface area contributed by atoms with Crippen molar-refractivity contribution in [1.82, 2.24) is 4.90 Å². The molecule has 3 heteroatoms. The first kappa shape index (κ1) is 9.38. The summed E-state index contributed by atoms with van der Waals surface area (Å²) in [7, 11) is 0. The van der Waals surface area contributed by atoms with E-state index in [4.69, 9.17) is 0 Å². The fourth-order valence-electron chi connectivity index (χ4n) is 2.96. The van der Waals surface area contributed by atoms with Gasteiger partial charge in [0.05, 0.1) is 6.54 Å². The Morgan fingerprint density at radius 2 is 1.92 bits per heavy atom. The van der Waals surface area contributed by atoms with Crippen LogP contribution in [0.5, 0.6) is 0 Å². The van der Waals surface area contributed by atoms with Crippen molar-refractivity contribution < 1.29 is 8.78 Å². The molecule has 2 aliphatic rings. The van der Waals surface area contributed by atoms with Gasteiger partial charge in [-0.25, -0.2) is 8.78 Å². The lowest BCUT2D eigenvalue weighted by atomic mass is 9.92. The highest BCUT2D eigenvalue weighted by Crippen LogP contribution is 2.36. The second-order valence-corrected chi connectivity index (χ2v) is 4.29. The van der Waals surface area contributed by atoms with Crippen LogP contribution in [0.15, 0.2) is 0 Å². The van der Waals surface area contributed by atoms with Crippen LogP contribution in [0.1, 0.15) is 32.1 Å². The summed E-state index contributed by atoms with van der Waals surface area (Å²) in [5.74, 6) is 0.729. The minimum atomic E-state index is -2.15. The highest BCUT2D eigenvalue weighted by molar-refractivity contribution is 4.89. The quantitative estimate of drug-likeness (QED) is 0.645. The highest BCUT2D eigenvalue weighted by Gasteiger charge is 2.35. The van der Waals surface area contributed by atoms with E-state index in [-0.39, 0.29) is 6.54 Å². The van der Waals surface area contributed by atoms with Crippen molar-refractivity contribution >= 4 is 0 Å². The highest BCUT2D eigenvalue weighted by atomic mass is 19.3. The van der Waals surface area contributed by atoms with E-state index in [2.05, 4.69) is 0 Å². The van der Waals surface area contributed by atoms with Gasteiger partial charge in [-0.3, -0.25) is 4.90 Å². The molecule has 0 amide bonds. The van der Waals surface area contributed by atoms with E-state index in [1.807, 2.05) is 4.90 Å². The first-order valence-corrected chi connectivity index (χ1v) is 5.29. The Balaban J connectivity index is 1.93. The molecule has 0 bridgehead atoms. The molecule has 0 radical (unpaired) electrons. The minimum Gasteiger partial charge on any atom is -0.294 e. The molecule has 1 saturated heterocycles. The third-order valence-corrected chi connectivity index (χ3v) is 3.48. The van der Waals surface area contributed by atoms with Gasteiger partial charge in [0.1, 0.15) is 0 Å². The molecule has 2 atom stereocenters. The van der Waals surface area contributed by atoms with Gasteiger partial charge in [0, 0.05) is 6.04 Å². The van der Waals surface area contributed by atoms with E-state index in [0.717, 1.165) is 25.3 Å². The fraction of sp³-hybridized carbons (Fsp3) is 1.00. The van der Waals surface area contributed by atoms with Gasteiger partial charge in [-0.15, -0.1) is 0 Å². The maximum absolute atomic E-state index is 12.2. The van der Waals surface area contributed by atoms with Crippen LogP contribution in [-0.4, -0.2) is 30.5 Å². The summed E-state index contributed by atoms with van der Waals surface area (Å²) in [6.45, 7) is 0.896. The number of piperidine rings is 1. The summed E-state index contributed by atoms with van der Waals surface area (Å²) in [6, 6.07) is 0.489. The largest absolute Gasteiger partial charge is 0.294 e. The van der Waals surface area contributed by atoms with Gasteiger partial charge in [0.2, 0.25) is 0 Å². The zero-order valence-electron chi connectivity index (χ0n) is 7.88. The normalized spacial score (nSPS) is 35.3. The number of fused-ring (bicyclic) bond motifs is 1. The molecule has 1 aliphatic heterocycles. The van der Waals surface area contributed by atoms with Crippen molar-refractivity contribution in [1.29, 1.82) is 0 Å². The van der Waals surface area contributed by atoms with Gasteiger partial charge in [0.25, 0.3) is 6.43 Å². The number of halogens is 2. The molecule has 2 unspecified atom stereocenters. The van der Waals surface area contributed by atoms with Crippen molar-refractivity contribution in [2.24, 2.45) is 5.92 Å². The molecule has 0 N–H and O–H groups in total. The zero-order chi connectivity index (χ0) is 9.26. The molecule has 1 heterocycles. The van der Waals surface area contributed by atoms with Gasteiger partial charge < -0.3 is 0 Å². The molecule has 0 aromatic rings. The Labute approximate surface area is 78.1 Å². The third-order valence-electron chi connectivity index (χ3n) is 3.48. The van der Waals surface area contributed by atoms with Gasteiger partial charge >= 0.3 is 0 Å². The van der Waals surface area contributed by atoms with E-state index in [1.165, 1.54) is 19.3 Å². The first-order valence-electron chi connectivity index (χ1n) is 5.29. The Morgan fingerprint density at radius 3 is 2.69 bits per heavy atom. The predicted octanol–water partition coefficient (Wildman–Crippen LogP) is 2.52. The Hall–Kier alpha value is -0.180. The van der Waals surface area contributed by atoms with Gasteiger partial charge in [-0.05, 0) is 38.1 Å². The van der Waals surface area contributed by atoms with Crippen molar-refractivity contribution in [3.05, 3.63) is 0 Å². The average molecular weight is 189 g/mol. The van der Waals surface area contributed by atoms with Crippen LogP contribution in [0.3, 0.4) is 0 Å². The average Bonchev–Trinajstić information content (AvgIpc) is 2.51. The lowest BCUT2D eigenvalue weighted by Crippen LogP contribution is -2.44. The minimum absolute atomic E-state index is 0.00116. The molecule has 0 aromatic carbocycles. The van der Waals surface area contributed by atoms with Gasteiger partial charge in [0.15, 0.2) is 0 Å². The Morgan fingerprint density at radius 1 is 1.15 bits per heavy atom. The summed E-state index contributed by atoms with van der Waals surface area (Å²) in [5.41, 5.74) is 0. The molecule has 1 nitrogen and oxygen atoms in total. The van der Waals surface area contributed by atoms with Crippen molar-refractivity contribution in [2.45, 2.75) is 44.6 Å². The molecule has 1 saturated carbocycles. The van der Waals surface area contributed by atoms with Crippen LogP contribution < -0.4 is 0 Å². The monoisotopic (exact) mass is 189 g/mol. The number of rotatable bonds is 2. The molecule has 2 rings (SSSR count). The van der Waals surface area contributed by atoms with Crippen LogP contribution >= 0.6 is 0 Å². The second kappa shape index (κ2) is 3.91. The Bertz CT molecular complexity index is 172. The third kappa shape index (κ3) is 2.01. The maximum Gasteiger partial charge on any atom is 0.251 e. The second-order valence-electron chi connectivity index (χ2n) is 4.29. The zero-order valence-corrected chi connectivity index (χ0v) is 7.88. The molecule has 1 aliphatic carbocycles. The van der Waals surface area contributed by atoms with E-state index in [0.29, 0.717) is 6.04 Å². The summed E-state index contributed by atoms with van der Waals surface area (Å²) in [6.07, 6.45) is 3.90. The molecule has 0 aromatic heterocycles. The van der Waals surface area contributed by atoms with Crippen LogP contribution in [0.25, 0.3) is 0 Å². The fourth-order valence-corrected chi connectivity index (χ4v) is 2.96. The molecule has 13 heavy (non-hydrogen) atoms. The van der Waals surface area contributed by atoms with E-state index < -0.39 is 6.43 Å². The number of hydrogen-bond acceptors (Lipinski definition) is 1. The van der Waals surface area contributed by atoms with Crippen LogP contribution in [0, 0.1) is 5.92 Å². The molecule has 0 spiro atoms. The SMILES string of the molecule is FC(F)CN1CCCC2CCCC21. The summed E-state index contributed by atoms with van der Waals surface area (Å²) in [4.78, 5) is 2.02. The van der Waals surface area contributed by atoms with E-state index >= 15 is 0 Å². The number of alkyl halides is 2. The first-order chi connectivity index (χ1) is 6.27. The standard InChI is InChI=1S/C10H17F2N/c11-10(12)7-13-6-2-4-8-3-1-5-9(8)13/h8-10H,1-7H2. The van der Waals surface area contributed by atoms with Gasteiger partial charge in [-0.2, -0.15) is 0 Å². The van der Waals surface area contributed by atoms with Gasteiger partial charge in [-0.1, -0.05) is 6.42 Å². The topological polar surface area (TPSA) is 3.24 Å². The van der Waals surface area contributed by atoms with Crippen LogP contribution in [-0.2, 0) is 0 Å². The van der Waals surface area contributed by atoms with E-state index in [9.17, 15) is 8.78 Å². The van der Waals surface area contributed by atoms with Crippen LogP contribution in [0.4, 0.5) is 8.78 Å². The number of nitrogens with zero attached hydrogens (tertiary/aromatic N) is 1. The summed E-state index contributed by atoms with van der Waals surface area (Å²) < 4.78 is 24.5. The smallest absolute Gasteiger partial charge is 0.251 e. The maximum atomic E-state index is 12.2. The van der Waals surface area contributed by atoms with Crippen LogP contribution in [0.2, 0.25) is 0 Å². The number of likely N-dealkylation sites (tertiary alicyclic amines) is 1. The molecule has 2 fully saturated rings. The van der Waals surface area contributed by atoms with Crippen molar-refractivity contribution in [3.8, 4) is 0 Å². The lowest BCUT2D eigenvalue weighted by molar-refractivity contribution is 0.0355. The summed E-state index contributed by atoms with van der Waals surface area (Å²) in [5, 5.41) is 0. The predicted molar refractivity (Wildman–Crippen MR) is 47.9 cm³/mol. The number of hydrogen-bond donors (Lipinski definition) is 0. The van der Waals surface area contributed by atoms with Crippen molar-refractivity contribution in [2.75, 3.05) is 13.1 Å². The van der Waals surface area contributed by atoms with E-state index in [1.54, 1.807) is 0 Å². The molecular weight excluding hydrogens is 172 g/mol. The Kier molecular flexibility index (Phi) is 2.82.